The number of carbonyl (C=O) groups is 4. The molecule has 15 nitrogen and oxygen atoms in total. The third-order valence-corrected chi connectivity index (χ3v) is 13.3. The summed E-state index contributed by atoms with van der Waals surface area (Å²) in [5.74, 6) is 0.994. The Balaban J connectivity index is 0.964. The summed E-state index contributed by atoms with van der Waals surface area (Å²) in [5.41, 5.74) is 7.21. The Morgan fingerprint density at radius 2 is 1.00 bits per heavy atom. The first-order chi connectivity index (χ1) is 31.4. The van der Waals surface area contributed by atoms with Crippen molar-refractivity contribution in [2.24, 2.45) is 11.8 Å². The van der Waals surface area contributed by atoms with E-state index in [1.54, 1.807) is 0 Å². The Morgan fingerprint density at radius 3 is 1.38 bits per heavy atom. The number of likely N-dealkylation sites (tertiary alicyclic amines) is 2. The van der Waals surface area contributed by atoms with Crippen molar-refractivity contribution < 1.29 is 28.7 Å². The van der Waals surface area contributed by atoms with E-state index >= 15 is 0 Å². The average molecular weight is 884 g/mol. The number of para-hydroxylation sites is 1. The van der Waals surface area contributed by atoms with Crippen LogP contribution in [-0.2, 0) is 19.1 Å². The van der Waals surface area contributed by atoms with Crippen LogP contribution in [0.3, 0.4) is 0 Å². The predicted molar refractivity (Wildman–Crippen MR) is 247 cm³/mol. The van der Waals surface area contributed by atoms with E-state index in [0.717, 1.165) is 78.4 Å². The molecule has 0 spiro atoms. The Hall–Kier alpha value is -6.64. The normalized spacial score (nSPS) is 20.6. The number of nitrogens with one attached hydrogen (secondary N) is 4. The van der Waals surface area contributed by atoms with Gasteiger partial charge < -0.3 is 44.8 Å². The zero-order chi connectivity index (χ0) is 45.8. The number of imidazole rings is 2. The SMILES string of the molecule is COC(=O)N[C@H](C(=O)N1CCC[C@H]1c1nc(-c2ccc([C@@H]3CC[C@@H](c4ccc(-c5c[nH]c([C@@H]6CCCN6C(=O)[C@@H](NC(=O)OC)C(C)C)n5)cc4)N3c3ccccc3)cc2)c[nH]1)C(C)C. The zero-order valence-electron chi connectivity index (χ0n) is 38.1. The molecule has 2 aromatic heterocycles. The number of nitrogens with zero attached hydrogens (tertiary/aromatic N) is 5. The number of carbonyl (C=O) groups excluding carboxylic acids is 4. The first-order valence-corrected chi connectivity index (χ1v) is 22.9. The van der Waals surface area contributed by atoms with Gasteiger partial charge in [0, 0.05) is 42.3 Å². The lowest BCUT2D eigenvalue weighted by Crippen LogP contribution is -2.51. The van der Waals surface area contributed by atoms with E-state index in [0.29, 0.717) is 13.1 Å². The van der Waals surface area contributed by atoms with Crippen molar-refractivity contribution in [2.75, 3.05) is 32.2 Å². The largest absolute Gasteiger partial charge is 0.453 e. The van der Waals surface area contributed by atoms with E-state index in [9.17, 15) is 19.2 Å². The quantitative estimate of drug-likeness (QED) is 0.0901. The molecular formula is C50H61N9O6. The lowest BCUT2D eigenvalue weighted by Gasteiger charge is -2.33. The van der Waals surface area contributed by atoms with Crippen LogP contribution in [0.15, 0.2) is 91.3 Å². The standard InChI is InChI=1S/C50H61N9O6/c1-30(2)43(55-49(62)64-5)47(60)57-26-10-14-41(57)45-51-28-37(53-45)32-16-20-34(21-17-32)39-24-25-40(59(39)36-12-8-7-9-13-36)35-22-18-33(19-23-35)38-29-52-46(54-38)42-15-11-27-58(42)48(61)44(31(3)4)56-50(63)65-6/h7-9,12-13,16-23,28-31,39-44H,10-11,14-15,24-27H2,1-6H3,(H,51,53)(H,52,54)(H,55,62)(H,56,63)/t39-,40-,41-,42-,43-,44-/m0/s1. The molecular weight excluding hydrogens is 823 g/mol. The van der Waals surface area contributed by atoms with Crippen molar-refractivity contribution in [3.05, 3.63) is 114 Å². The smallest absolute Gasteiger partial charge is 0.407 e. The van der Waals surface area contributed by atoms with Gasteiger partial charge in [0.1, 0.15) is 23.7 Å². The number of rotatable bonds is 13. The lowest BCUT2D eigenvalue weighted by atomic mass is 10.0. The van der Waals surface area contributed by atoms with Gasteiger partial charge in [-0.25, -0.2) is 19.6 Å². The summed E-state index contributed by atoms with van der Waals surface area (Å²) in [6, 6.07) is 26.5. The van der Waals surface area contributed by atoms with Crippen molar-refractivity contribution in [3.8, 4) is 22.5 Å². The molecule has 0 radical (unpaired) electrons. The van der Waals surface area contributed by atoms with Gasteiger partial charge in [0.2, 0.25) is 11.8 Å². The number of anilines is 1. The van der Waals surface area contributed by atoms with Crippen LogP contribution < -0.4 is 15.5 Å². The first-order valence-electron chi connectivity index (χ1n) is 22.9. The maximum absolute atomic E-state index is 13.7. The number of aromatic amines is 2. The Labute approximate surface area is 380 Å². The highest BCUT2D eigenvalue weighted by molar-refractivity contribution is 5.87. The first kappa shape index (κ1) is 44.9. The van der Waals surface area contributed by atoms with Crippen molar-refractivity contribution in [2.45, 2.75) is 102 Å². The van der Waals surface area contributed by atoms with Crippen molar-refractivity contribution in [1.29, 1.82) is 0 Å². The fourth-order valence-electron chi connectivity index (χ4n) is 9.87. The van der Waals surface area contributed by atoms with Crippen LogP contribution in [0.4, 0.5) is 15.3 Å². The molecule has 6 atom stereocenters. The van der Waals surface area contributed by atoms with Gasteiger partial charge >= 0.3 is 12.2 Å². The van der Waals surface area contributed by atoms with Crippen LogP contribution in [0, 0.1) is 11.8 Å². The molecule has 4 amide bonds. The molecule has 3 saturated heterocycles. The highest BCUT2D eigenvalue weighted by Gasteiger charge is 2.40. The molecule has 0 saturated carbocycles. The number of hydrogen-bond donors (Lipinski definition) is 4. The molecule has 3 aliphatic heterocycles. The van der Waals surface area contributed by atoms with Gasteiger partial charge in [-0.2, -0.15) is 0 Å². The minimum Gasteiger partial charge on any atom is -0.453 e. The molecule has 15 heteroatoms. The highest BCUT2D eigenvalue weighted by Crippen LogP contribution is 2.47. The second-order valence-electron chi connectivity index (χ2n) is 18.0. The monoisotopic (exact) mass is 883 g/mol. The molecule has 5 aromatic rings. The van der Waals surface area contributed by atoms with Crippen molar-refractivity contribution >= 4 is 29.7 Å². The summed E-state index contributed by atoms with van der Waals surface area (Å²) in [6.45, 7) is 8.84. The van der Waals surface area contributed by atoms with Crippen LogP contribution in [0.2, 0.25) is 0 Å². The van der Waals surface area contributed by atoms with E-state index in [4.69, 9.17) is 19.4 Å². The minimum absolute atomic E-state index is 0.108. The van der Waals surface area contributed by atoms with Crippen LogP contribution in [0.25, 0.3) is 22.5 Å². The van der Waals surface area contributed by atoms with Gasteiger partial charge in [-0.15, -0.1) is 0 Å². The molecule has 3 fully saturated rings. The molecule has 0 bridgehead atoms. The third-order valence-electron chi connectivity index (χ3n) is 13.3. The summed E-state index contributed by atoms with van der Waals surface area (Å²) < 4.78 is 9.59. The molecule has 0 unspecified atom stereocenters. The number of hydrogen-bond acceptors (Lipinski definition) is 9. The number of ether oxygens (including phenoxy) is 2. The summed E-state index contributed by atoms with van der Waals surface area (Å²) in [4.78, 5) is 74.4. The van der Waals surface area contributed by atoms with E-state index in [-0.39, 0.29) is 47.8 Å². The highest BCUT2D eigenvalue weighted by atomic mass is 16.5. The van der Waals surface area contributed by atoms with Gasteiger partial charge in [-0.05, 0) is 73.6 Å². The fraction of sp³-hybridized carbons (Fsp3) is 0.440. The number of benzene rings is 3. The number of aromatic nitrogens is 4. The van der Waals surface area contributed by atoms with Crippen LogP contribution in [0.5, 0.6) is 0 Å². The Morgan fingerprint density at radius 1 is 0.585 bits per heavy atom. The molecule has 3 aliphatic rings. The maximum Gasteiger partial charge on any atom is 0.407 e. The summed E-state index contributed by atoms with van der Waals surface area (Å²) >= 11 is 0. The van der Waals surface area contributed by atoms with E-state index < -0.39 is 24.3 Å². The van der Waals surface area contributed by atoms with Crippen molar-refractivity contribution in [1.82, 2.24) is 40.4 Å². The van der Waals surface area contributed by atoms with Gasteiger partial charge in [0.15, 0.2) is 0 Å². The number of amides is 4. The number of H-pyrrole nitrogens is 2. The van der Waals surface area contributed by atoms with Crippen LogP contribution >= 0.6 is 0 Å². The van der Waals surface area contributed by atoms with Crippen LogP contribution in [-0.4, -0.2) is 93.1 Å². The lowest BCUT2D eigenvalue weighted by molar-refractivity contribution is -0.136. The van der Waals surface area contributed by atoms with Crippen LogP contribution in [0.1, 0.15) is 113 Å². The van der Waals surface area contributed by atoms with E-state index in [2.05, 4.69) is 104 Å². The number of methoxy groups -OCH3 is 2. The van der Waals surface area contributed by atoms with E-state index in [1.165, 1.54) is 25.3 Å². The molecule has 5 heterocycles. The summed E-state index contributed by atoms with van der Waals surface area (Å²) in [5, 5.41) is 5.44. The van der Waals surface area contributed by atoms with Gasteiger partial charge in [0.05, 0.1) is 49.8 Å². The molecule has 8 rings (SSSR count). The Bertz CT molecular complexity index is 2280. The summed E-state index contributed by atoms with van der Waals surface area (Å²) in [7, 11) is 2.60. The molecule has 4 N–H and O–H groups in total. The number of alkyl carbamates (subject to hydrolysis) is 2. The minimum atomic E-state index is -0.691. The average Bonchev–Trinajstić information content (AvgIpc) is 4.19. The molecule has 0 aliphatic carbocycles. The van der Waals surface area contributed by atoms with Crippen molar-refractivity contribution in [3.63, 3.8) is 0 Å². The second-order valence-corrected chi connectivity index (χ2v) is 18.0. The zero-order valence-corrected chi connectivity index (χ0v) is 38.1. The predicted octanol–water partition coefficient (Wildman–Crippen LogP) is 8.64. The topological polar surface area (TPSA) is 178 Å². The van der Waals surface area contributed by atoms with E-state index in [1.807, 2.05) is 49.9 Å². The molecule has 3 aromatic carbocycles. The van der Waals surface area contributed by atoms with Gasteiger partial charge in [0.25, 0.3) is 0 Å². The molecule has 342 valence electrons. The third kappa shape index (κ3) is 9.45. The molecule has 65 heavy (non-hydrogen) atoms. The van der Waals surface area contributed by atoms with Gasteiger partial charge in [-0.1, -0.05) is 94.4 Å². The second kappa shape index (κ2) is 19.6. The maximum atomic E-state index is 13.7. The Kier molecular flexibility index (Phi) is 13.6. The van der Waals surface area contributed by atoms with Gasteiger partial charge in [-0.3, -0.25) is 9.59 Å². The fourth-order valence-corrected chi connectivity index (χ4v) is 9.87. The summed E-state index contributed by atoms with van der Waals surface area (Å²) in [6.07, 6.45) is 7.81.